The minimum absolute atomic E-state index is 0.0760. The van der Waals surface area contributed by atoms with Crippen LogP contribution in [0.15, 0.2) is 53.4 Å². The SMILES string of the molecule is CCCCOc1ccc(S(=O)(=O)N2c3ccccc3C[C@H]2C)cc1. The number of hydrogen-bond acceptors (Lipinski definition) is 3. The van der Waals surface area contributed by atoms with Crippen molar-refractivity contribution in [1.29, 1.82) is 0 Å². The van der Waals surface area contributed by atoms with Crippen LogP contribution in [-0.4, -0.2) is 21.1 Å². The Morgan fingerprint density at radius 3 is 2.54 bits per heavy atom. The third-order valence-electron chi connectivity index (χ3n) is 4.29. The van der Waals surface area contributed by atoms with Gasteiger partial charge < -0.3 is 4.74 Å². The quantitative estimate of drug-likeness (QED) is 0.743. The van der Waals surface area contributed by atoms with E-state index < -0.39 is 10.0 Å². The van der Waals surface area contributed by atoms with Crippen LogP contribution in [0, 0.1) is 0 Å². The number of hydrogen-bond donors (Lipinski definition) is 0. The molecule has 0 bridgehead atoms. The molecule has 0 amide bonds. The van der Waals surface area contributed by atoms with E-state index in [2.05, 4.69) is 6.92 Å². The van der Waals surface area contributed by atoms with Gasteiger partial charge in [0.1, 0.15) is 5.75 Å². The first kappa shape index (κ1) is 16.8. The topological polar surface area (TPSA) is 46.6 Å². The van der Waals surface area contributed by atoms with Gasteiger partial charge in [-0.3, -0.25) is 4.31 Å². The maximum Gasteiger partial charge on any atom is 0.264 e. The van der Waals surface area contributed by atoms with Crippen molar-refractivity contribution in [2.45, 2.75) is 44.0 Å². The number of nitrogens with zero attached hydrogens (tertiary/aromatic N) is 1. The predicted octanol–water partition coefficient (Wildman–Crippen LogP) is 4.01. The maximum absolute atomic E-state index is 13.1. The highest BCUT2D eigenvalue weighted by molar-refractivity contribution is 7.92. The number of anilines is 1. The van der Waals surface area contributed by atoms with Crippen LogP contribution in [0.1, 0.15) is 32.3 Å². The summed E-state index contributed by atoms with van der Waals surface area (Å²) in [5.74, 6) is 0.706. The van der Waals surface area contributed by atoms with E-state index in [0.29, 0.717) is 17.3 Å². The first-order valence-corrected chi connectivity index (χ1v) is 9.83. The van der Waals surface area contributed by atoms with Gasteiger partial charge in [0, 0.05) is 6.04 Å². The highest BCUT2D eigenvalue weighted by Gasteiger charge is 2.35. The van der Waals surface area contributed by atoms with E-state index in [9.17, 15) is 8.42 Å². The Labute approximate surface area is 144 Å². The molecule has 2 aromatic carbocycles. The van der Waals surface area contributed by atoms with E-state index in [1.165, 1.54) is 4.31 Å². The zero-order chi connectivity index (χ0) is 17.2. The monoisotopic (exact) mass is 345 g/mol. The molecule has 1 heterocycles. The number of para-hydroxylation sites is 1. The highest BCUT2D eigenvalue weighted by Crippen LogP contribution is 2.36. The van der Waals surface area contributed by atoms with Crippen LogP contribution in [0.2, 0.25) is 0 Å². The summed E-state index contributed by atoms with van der Waals surface area (Å²) in [5.41, 5.74) is 1.86. The smallest absolute Gasteiger partial charge is 0.264 e. The molecule has 128 valence electrons. The van der Waals surface area contributed by atoms with Gasteiger partial charge in [0.05, 0.1) is 17.2 Å². The minimum Gasteiger partial charge on any atom is -0.494 e. The van der Waals surface area contributed by atoms with Gasteiger partial charge >= 0.3 is 0 Å². The lowest BCUT2D eigenvalue weighted by Gasteiger charge is -2.24. The second-order valence-corrected chi connectivity index (χ2v) is 7.97. The van der Waals surface area contributed by atoms with Crippen LogP contribution in [0.5, 0.6) is 5.75 Å². The van der Waals surface area contributed by atoms with E-state index in [-0.39, 0.29) is 6.04 Å². The van der Waals surface area contributed by atoms with Crippen LogP contribution in [-0.2, 0) is 16.4 Å². The molecule has 2 aromatic rings. The van der Waals surface area contributed by atoms with E-state index in [1.807, 2.05) is 31.2 Å². The fourth-order valence-corrected chi connectivity index (χ4v) is 4.75. The summed E-state index contributed by atoms with van der Waals surface area (Å²) >= 11 is 0. The Bertz CT molecular complexity index is 800. The molecule has 1 aliphatic rings. The molecule has 3 rings (SSSR count). The molecule has 1 aliphatic heterocycles. The first-order chi connectivity index (χ1) is 11.5. The molecule has 0 saturated carbocycles. The summed E-state index contributed by atoms with van der Waals surface area (Å²) < 4.78 is 33.3. The van der Waals surface area contributed by atoms with Gasteiger partial charge in [-0.15, -0.1) is 0 Å². The lowest BCUT2D eigenvalue weighted by atomic mass is 10.1. The summed E-state index contributed by atoms with van der Waals surface area (Å²) in [6.07, 6.45) is 2.80. The Balaban J connectivity index is 1.86. The minimum atomic E-state index is -3.57. The number of sulfonamides is 1. The van der Waals surface area contributed by atoms with Gasteiger partial charge in [-0.1, -0.05) is 31.5 Å². The Hall–Kier alpha value is -2.01. The zero-order valence-corrected chi connectivity index (χ0v) is 14.9. The molecule has 0 N–H and O–H groups in total. The summed E-state index contributed by atoms with van der Waals surface area (Å²) in [4.78, 5) is 0.300. The summed E-state index contributed by atoms with van der Waals surface area (Å²) in [6, 6.07) is 14.3. The number of ether oxygens (including phenoxy) is 1. The largest absolute Gasteiger partial charge is 0.494 e. The zero-order valence-electron chi connectivity index (χ0n) is 14.1. The first-order valence-electron chi connectivity index (χ1n) is 8.39. The fourth-order valence-electron chi connectivity index (χ4n) is 3.06. The maximum atomic E-state index is 13.1. The molecule has 4 nitrogen and oxygen atoms in total. The van der Waals surface area contributed by atoms with Gasteiger partial charge in [-0.2, -0.15) is 0 Å². The molecular weight excluding hydrogens is 322 g/mol. The van der Waals surface area contributed by atoms with Crippen molar-refractivity contribution in [2.24, 2.45) is 0 Å². The van der Waals surface area contributed by atoms with Crippen LogP contribution in [0.3, 0.4) is 0 Å². The van der Waals surface area contributed by atoms with Gasteiger partial charge in [0.15, 0.2) is 0 Å². The summed E-state index contributed by atoms with van der Waals surface area (Å²) in [6.45, 7) is 4.70. The van der Waals surface area contributed by atoms with Crippen molar-refractivity contribution in [3.8, 4) is 5.75 Å². The third-order valence-corrected chi connectivity index (χ3v) is 6.23. The average molecular weight is 345 g/mol. The average Bonchev–Trinajstić information content (AvgIpc) is 2.92. The second-order valence-electron chi connectivity index (χ2n) is 6.16. The predicted molar refractivity (Wildman–Crippen MR) is 96.1 cm³/mol. The van der Waals surface area contributed by atoms with E-state index in [1.54, 1.807) is 24.3 Å². The summed E-state index contributed by atoms with van der Waals surface area (Å²) in [5, 5.41) is 0. The van der Waals surface area contributed by atoms with Crippen LogP contribution >= 0.6 is 0 Å². The molecule has 1 atom stereocenters. The Kier molecular flexibility index (Phi) is 4.81. The number of benzene rings is 2. The highest BCUT2D eigenvalue weighted by atomic mass is 32.2. The number of fused-ring (bicyclic) bond motifs is 1. The van der Waals surface area contributed by atoms with Crippen molar-refractivity contribution >= 4 is 15.7 Å². The van der Waals surface area contributed by atoms with Crippen LogP contribution < -0.4 is 9.04 Å². The molecule has 0 radical (unpaired) electrons. The van der Waals surface area contributed by atoms with Crippen molar-refractivity contribution in [3.63, 3.8) is 0 Å². The van der Waals surface area contributed by atoms with Gasteiger partial charge in [0.25, 0.3) is 10.0 Å². The fraction of sp³-hybridized carbons (Fsp3) is 0.368. The third kappa shape index (κ3) is 3.13. The van der Waals surface area contributed by atoms with E-state index >= 15 is 0 Å². The van der Waals surface area contributed by atoms with E-state index in [0.717, 1.165) is 30.5 Å². The van der Waals surface area contributed by atoms with Gasteiger partial charge in [-0.25, -0.2) is 8.42 Å². The van der Waals surface area contributed by atoms with Gasteiger partial charge in [0.2, 0.25) is 0 Å². The van der Waals surface area contributed by atoms with Crippen LogP contribution in [0.25, 0.3) is 0 Å². The summed E-state index contributed by atoms with van der Waals surface area (Å²) in [7, 11) is -3.57. The molecule has 0 saturated heterocycles. The second kappa shape index (κ2) is 6.85. The Morgan fingerprint density at radius 2 is 1.83 bits per heavy atom. The molecule has 0 spiro atoms. The van der Waals surface area contributed by atoms with Gasteiger partial charge in [-0.05, 0) is 55.7 Å². The van der Waals surface area contributed by atoms with E-state index in [4.69, 9.17) is 4.74 Å². The standard InChI is InChI=1S/C19H23NO3S/c1-3-4-13-23-17-9-11-18(12-10-17)24(21,22)20-15(2)14-16-7-5-6-8-19(16)20/h5-12,15H,3-4,13-14H2,1-2H3/t15-/m1/s1. The van der Waals surface area contributed by atoms with Crippen molar-refractivity contribution in [1.82, 2.24) is 0 Å². The van der Waals surface area contributed by atoms with Crippen molar-refractivity contribution in [3.05, 3.63) is 54.1 Å². The Morgan fingerprint density at radius 1 is 1.12 bits per heavy atom. The molecule has 0 aliphatic carbocycles. The molecule has 0 fully saturated rings. The molecule has 0 unspecified atom stereocenters. The lowest BCUT2D eigenvalue weighted by molar-refractivity contribution is 0.309. The molecule has 0 aromatic heterocycles. The molecule has 5 heteroatoms. The number of unbranched alkanes of at least 4 members (excludes halogenated alkanes) is 1. The lowest BCUT2D eigenvalue weighted by Crippen LogP contribution is -2.35. The van der Waals surface area contributed by atoms with Crippen LogP contribution in [0.4, 0.5) is 5.69 Å². The van der Waals surface area contributed by atoms with Crippen molar-refractivity contribution < 1.29 is 13.2 Å². The molecule has 24 heavy (non-hydrogen) atoms. The number of rotatable bonds is 6. The normalized spacial score (nSPS) is 16.9. The molecular formula is C19H23NO3S. The van der Waals surface area contributed by atoms with Crippen molar-refractivity contribution in [2.75, 3.05) is 10.9 Å².